The molecular weight excluding hydrogens is 459 g/mol. The van der Waals surface area contributed by atoms with Crippen LogP contribution in [0.1, 0.15) is 30.0 Å². The summed E-state index contributed by atoms with van der Waals surface area (Å²) in [6.07, 6.45) is 0.587. The molecule has 5 rings (SSSR count). The number of ether oxygens (including phenoxy) is 1. The Morgan fingerprint density at radius 1 is 1.06 bits per heavy atom. The molecule has 1 aliphatic rings. The standard InChI is InChI=1S/C25H22F3N5O2/c26-25(27,28)18-2-1-3-19(13-18)32-24(34)33-11-8-17-12-20(4-5-22(17)33)35-23-14-21(30-15-31-23)16-6-9-29-10-7-16/h1-5,8,11-16,29H,6-7,9-10H2,(H,32,34). The van der Waals surface area contributed by atoms with E-state index < -0.39 is 17.8 Å². The molecule has 35 heavy (non-hydrogen) atoms. The Kier molecular flexibility index (Phi) is 6.12. The number of piperidine rings is 1. The second kappa shape index (κ2) is 9.38. The van der Waals surface area contributed by atoms with Gasteiger partial charge >= 0.3 is 12.2 Å². The molecular formula is C25H22F3N5O2. The Bertz CT molecular complexity index is 1360. The number of rotatable bonds is 4. The Hall–Kier alpha value is -3.92. The highest BCUT2D eigenvalue weighted by atomic mass is 19.4. The van der Waals surface area contributed by atoms with E-state index in [0.29, 0.717) is 23.1 Å². The van der Waals surface area contributed by atoms with Crippen LogP contribution in [0.15, 0.2) is 67.1 Å². The first-order chi connectivity index (χ1) is 16.9. The maximum Gasteiger partial charge on any atom is 0.416 e. The number of nitrogens with one attached hydrogen (secondary N) is 2. The van der Waals surface area contributed by atoms with E-state index in [0.717, 1.165) is 49.1 Å². The van der Waals surface area contributed by atoms with E-state index in [4.69, 9.17) is 4.74 Å². The van der Waals surface area contributed by atoms with Crippen molar-refractivity contribution in [2.45, 2.75) is 24.9 Å². The lowest BCUT2D eigenvalue weighted by Gasteiger charge is -2.22. The van der Waals surface area contributed by atoms with Gasteiger partial charge in [-0.2, -0.15) is 13.2 Å². The van der Waals surface area contributed by atoms with Gasteiger partial charge in [-0.1, -0.05) is 6.07 Å². The van der Waals surface area contributed by atoms with E-state index in [1.807, 2.05) is 6.07 Å². The van der Waals surface area contributed by atoms with Crippen molar-refractivity contribution in [2.75, 3.05) is 18.4 Å². The third-order valence-electron chi connectivity index (χ3n) is 5.96. The molecule has 0 radical (unpaired) electrons. The molecule has 10 heteroatoms. The molecule has 1 aliphatic heterocycles. The quantitative estimate of drug-likeness (QED) is 0.386. The Morgan fingerprint density at radius 2 is 1.89 bits per heavy atom. The zero-order valence-electron chi connectivity index (χ0n) is 18.5. The predicted octanol–water partition coefficient (Wildman–Crippen LogP) is 5.79. The first-order valence-corrected chi connectivity index (χ1v) is 11.2. The van der Waals surface area contributed by atoms with Crippen LogP contribution in [0.5, 0.6) is 11.6 Å². The predicted molar refractivity (Wildman–Crippen MR) is 125 cm³/mol. The van der Waals surface area contributed by atoms with E-state index >= 15 is 0 Å². The molecule has 0 bridgehead atoms. The van der Waals surface area contributed by atoms with Gasteiger partial charge in [-0.05, 0) is 68.4 Å². The Balaban J connectivity index is 1.32. The molecule has 0 saturated carbocycles. The minimum Gasteiger partial charge on any atom is -0.439 e. The van der Waals surface area contributed by atoms with Gasteiger partial charge in [0.05, 0.1) is 16.8 Å². The maximum absolute atomic E-state index is 13.0. The van der Waals surface area contributed by atoms with Crippen LogP contribution in [0, 0.1) is 0 Å². The molecule has 180 valence electrons. The maximum atomic E-state index is 13.0. The molecule has 4 aromatic rings. The van der Waals surface area contributed by atoms with Crippen LogP contribution >= 0.6 is 0 Å². The normalized spacial score (nSPS) is 14.7. The molecule has 2 aromatic heterocycles. The van der Waals surface area contributed by atoms with Crippen molar-refractivity contribution >= 4 is 22.6 Å². The highest BCUT2D eigenvalue weighted by Crippen LogP contribution is 2.31. The Morgan fingerprint density at radius 3 is 2.69 bits per heavy atom. The van der Waals surface area contributed by atoms with E-state index in [1.165, 1.54) is 23.0 Å². The molecule has 3 heterocycles. The molecule has 1 amide bonds. The zero-order valence-corrected chi connectivity index (χ0v) is 18.5. The smallest absolute Gasteiger partial charge is 0.416 e. The van der Waals surface area contributed by atoms with Crippen molar-refractivity contribution < 1.29 is 22.7 Å². The largest absolute Gasteiger partial charge is 0.439 e. The summed E-state index contributed by atoms with van der Waals surface area (Å²) in [5.41, 5.74) is 0.761. The number of alkyl halides is 3. The van der Waals surface area contributed by atoms with Crippen LogP contribution < -0.4 is 15.4 Å². The molecule has 2 aromatic carbocycles. The summed E-state index contributed by atoms with van der Waals surface area (Å²) < 4.78 is 46.2. The summed E-state index contributed by atoms with van der Waals surface area (Å²) in [5, 5.41) is 6.58. The molecule has 0 aliphatic carbocycles. The van der Waals surface area contributed by atoms with Crippen LogP contribution in [-0.4, -0.2) is 33.7 Å². The fraction of sp³-hybridized carbons (Fsp3) is 0.240. The van der Waals surface area contributed by atoms with E-state index in [-0.39, 0.29) is 5.69 Å². The second-order valence-electron chi connectivity index (χ2n) is 8.32. The SMILES string of the molecule is O=C(Nc1cccc(C(F)(F)F)c1)n1ccc2cc(Oc3cc(C4CCNCC4)ncn3)ccc21. The summed E-state index contributed by atoms with van der Waals surface area (Å²) in [6.45, 7) is 1.92. The number of nitrogens with zero attached hydrogens (tertiary/aromatic N) is 3. The average molecular weight is 481 g/mol. The number of hydrogen-bond donors (Lipinski definition) is 2. The molecule has 1 fully saturated rings. The molecule has 0 spiro atoms. The highest BCUT2D eigenvalue weighted by molar-refractivity contribution is 5.98. The molecule has 0 atom stereocenters. The molecule has 1 saturated heterocycles. The van der Waals surface area contributed by atoms with Gasteiger partial charge < -0.3 is 15.4 Å². The number of anilines is 1. The third-order valence-corrected chi connectivity index (χ3v) is 5.96. The van der Waals surface area contributed by atoms with Crippen LogP contribution in [0.4, 0.5) is 23.7 Å². The van der Waals surface area contributed by atoms with Gasteiger partial charge in [0, 0.05) is 29.3 Å². The number of benzene rings is 2. The van der Waals surface area contributed by atoms with E-state index in [1.54, 1.807) is 30.5 Å². The number of aromatic nitrogens is 3. The van der Waals surface area contributed by atoms with Gasteiger partial charge in [-0.25, -0.2) is 14.8 Å². The summed E-state index contributed by atoms with van der Waals surface area (Å²) in [5.74, 6) is 1.35. The topological polar surface area (TPSA) is 81.1 Å². The molecule has 2 N–H and O–H groups in total. The van der Waals surface area contributed by atoms with E-state index in [2.05, 4.69) is 20.6 Å². The fourth-order valence-corrected chi connectivity index (χ4v) is 4.19. The molecule has 7 nitrogen and oxygen atoms in total. The first-order valence-electron chi connectivity index (χ1n) is 11.2. The van der Waals surface area contributed by atoms with Gasteiger partial charge in [0.25, 0.3) is 0 Å². The van der Waals surface area contributed by atoms with Crippen molar-refractivity contribution in [2.24, 2.45) is 0 Å². The fourth-order valence-electron chi connectivity index (χ4n) is 4.19. The summed E-state index contributed by atoms with van der Waals surface area (Å²) >= 11 is 0. The number of halogens is 3. The number of hydrogen-bond acceptors (Lipinski definition) is 5. The molecule has 0 unspecified atom stereocenters. The van der Waals surface area contributed by atoms with Crippen LogP contribution in [0.25, 0.3) is 10.9 Å². The monoisotopic (exact) mass is 481 g/mol. The number of carbonyl (C=O) groups is 1. The lowest BCUT2D eigenvalue weighted by atomic mass is 9.94. The lowest BCUT2D eigenvalue weighted by molar-refractivity contribution is -0.137. The van der Waals surface area contributed by atoms with Gasteiger partial charge in [-0.15, -0.1) is 0 Å². The van der Waals surface area contributed by atoms with Gasteiger partial charge in [0.1, 0.15) is 12.1 Å². The van der Waals surface area contributed by atoms with Crippen molar-refractivity contribution in [3.63, 3.8) is 0 Å². The minimum atomic E-state index is -4.49. The van der Waals surface area contributed by atoms with Gasteiger partial charge in [0.2, 0.25) is 5.88 Å². The first kappa shape index (κ1) is 22.9. The van der Waals surface area contributed by atoms with Crippen LogP contribution in [0.3, 0.4) is 0 Å². The lowest BCUT2D eigenvalue weighted by Crippen LogP contribution is -2.27. The summed E-state index contributed by atoms with van der Waals surface area (Å²) in [6, 6.07) is 12.7. The number of amides is 1. The van der Waals surface area contributed by atoms with Crippen LogP contribution in [0.2, 0.25) is 0 Å². The van der Waals surface area contributed by atoms with Gasteiger partial charge in [0.15, 0.2) is 0 Å². The van der Waals surface area contributed by atoms with E-state index in [9.17, 15) is 18.0 Å². The number of carbonyl (C=O) groups excluding carboxylic acids is 1. The minimum absolute atomic E-state index is 0.0555. The average Bonchev–Trinajstić information content (AvgIpc) is 3.28. The second-order valence-corrected chi connectivity index (χ2v) is 8.32. The summed E-state index contributed by atoms with van der Waals surface area (Å²) in [7, 11) is 0. The Labute approximate surface area is 199 Å². The zero-order chi connectivity index (χ0) is 24.4. The van der Waals surface area contributed by atoms with Crippen molar-refractivity contribution in [1.29, 1.82) is 0 Å². The van der Waals surface area contributed by atoms with Crippen LogP contribution in [-0.2, 0) is 6.18 Å². The van der Waals surface area contributed by atoms with Crippen molar-refractivity contribution in [3.05, 3.63) is 78.4 Å². The third kappa shape index (κ3) is 5.12. The van der Waals surface area contributed by atoms with Crippen molar-refractivity contribution in [3.8, 4) is 11.6 Å². The summed E-state index contributed by atoms with van der Waals surface area (Å²) in [4.78, 5) is 21.3. The van der Waals surface area contributed by atoms with Gasteiger partial charge in [-0.3, -0.25) is 4.57 Å². The highest BCUT2D eigenvalue weighted by Gasteiger charge is 2.30. The van der Waals surface area contributed by atoms with Crippen molar-refractivity contribution in [1.82, 2.24) is 19.9 Å². The number of fused-ring (bicyclic) bond motifs is 1.